The fraction of sp³-hybridized carbons (Fsp3) is 0.200. The number of benzene rings is 1. The van der Waals surface area contributed by atoms with Gasteiger partial charge in [0.05, 0.1) is 14.2 Å². The molecule has 0 aliphatic heterocycles. The zero-order chi connectivity index (χ0) is 15.2. The summed E-state index contributed by atoms with van der Waals surface area (Å²) in [5.74, 6) is 0.271. The minimum atomic E-state index is -0.467. The van der Waals surface area contributed by atoms with Crippen molar-refractivity contribution in [2.45, 2.75) is 6.54 Å². The number of hydrogen-bond donors (Lipinski definition) is 1. The van der Waals surface area contributed by atoms with Crippen LogP contribution in [0.3, 0.4) is 0 Å². The van der Waals surface area contributed by atoms with Gasteiger partial charge in [0.2, 0.25) is 11.2 Å². The maximum atomic E-state index is 11.9. The van der Waals surface area contributed by atoms with Gasteiger partial charge >= 0.3 is 0 Å². The van der Waals surface area contributed by atoms with Crippen molar-refractivity contribution in [3.8, 4) is 11.5 Å². The number of rotatable bonds is 5. The van der Waals surface area contributed by atoms with Gasteiger partial charge in [0.25, 0.3) is 5.91 Å². The van der Waals surface area contributed by atoms with Crippen LogP contribution in [-0.2, 0) is 6.54 Å². The van der Waals surface area contributed by atoms with Crippen LogP contribution in [0.4, 0.5) is 0 Å². The molecule has 0 aliphatic rings. The number of ether oxygens (including phenoxy) is 2. The van der Waals surface area contributed by atoms with Crippen molar-refractivity contribution in [3.63, 3.8) is 0 Å². The topological polar surface area (TPSA) is 77.8 Å². The molecule has 1 aromatic carbocycles. The summed E-state index contributed by atoms with van der Waals surface area (Å²) < 4.78 is 14.9. The first kappa shape index (κ1) is 14.6. The van der Waals surface area contributed by atoms with Gasteiger partial charge < -0.3 is 19.2 Å². The molecule has 0 atom stereocenters. The molecular formula is C15H15NO5. The molecule has 0 unspecified atom stereocenters. The van der Waals surface area contributed by atoms with Crippen LogP contribution in [-0.4, -0.2) is 20.1 Å². The summed E-state index contributed by atoms with van der Waals surface area (Å²) in [5, 5.41) is 2.66. The number of carbonyl (C=O) groups excluding carboxylic acids is 1. The Morgan fingerprint density at radius 2 is 1.90 bits per heavy atom. The average molecular weight is 289 g/mol. The summed E-state index contributed by atoms with van der Waals surface area (Å²) in [6.07, 6.45) is 1.12. The first-order valence-corrected chi connectivity index (χ1v) is 6.22. The monoisotopic (exact) mass is 289 g/mol. The lowest BCUT2D eigenvalue weighted by Gasteiger charge is -2.06. The predicted octanol–water partition coefficient (Wildman–Crippen LogP) is 1.59. The van der Waals surface area contributed by atoms with E-state index in [1.165, 1.54) is 7.11 Å². The van der Waals surface area contributed by atoms with Gasteiger partial charge in [-0.3, -0.25) is 9.59 Å². The quantitative estimate of drug-likeness (QED) is 0.904. The maximum absolute atomic E-state index is 11.9. The highest BCUT2D eigenvalue weighted by atomic mass is 16.5. The van der Waals surface area contributed by atoms with Crippen LogP contribution in [0.25, 0.3) is 0 Å². The Labute approximate surface area is 121 Å². The van der Waals surface area contributed by atoms with E-state index >= 15 is 0 Å². The smallest absolute Gasteiger partial charge is 0.287 e. The van der Waals surface area contributed by atoms with Crippen molar-refractivity contribution in [2.24, 2.45) is 0 Å². The van der Waals surface area contributed by atoms with E-state index in [4.69, 9.17) is 13.9 Å². The number of carbonyl (C=O) groups is 1. The molecule has 0 spiro atoms. The van der Waals surface area contributed by atoms with Gasteiger partial charge in [0, 0.05) is 12.6 Å². The van der Waals surface area contributed by atoms with Crippen molar-refractivity contribution in [3.05, 3.63) is 58.1 Å². The van der Waals surface area contributed by atoms with Crippen LogP contribution in [0.15, 0.2) is 45.8 Å². The fourth-order valence-electron chi connectivity index (χ4n) is 1.68. The second kappa shape index (κ2) is 6.60. The lowest BCUT2D eigenvalue weighted by molar-refractivity contribution is 0.0920. The molecule has 1 N–H and O–H groups in total. The summed E-state index contributed by atoms with van der Waals surface area (Å²) in [6.45, 7) is 0.318. The maximum Gasteiger partial charge on any atom is 0.287 e. The van der Waals surface area contributed by atoms with Crippen LogP contribution < -0.4 is 20.2 Å². The number of hydrogen-bond acceptors (Lipinski definition) is 5. The molecule has 21 heavy (non-hydrogen) atoms. The van der Waals surface area contributed by atoms with Crippen LogP contribution in [0.2, 0.25) is 0 Å². The second-order valence-corrected chi connectivity index (χ2v) is 4.21. The zero-order valence-corrected chi connectivity index (χ0v) is 11.7. The molecule has 110 valence electrons. The minimum absolute atomic E-state index is 0.0571. The van der Waals surface area contributed by atoms with Gasteiger partial charge in [0.1, 0.15) is 12.0 Å². The number of amides is 1. The van der Waals surface area contributed by atoms with E-state index in [-0.39, 0.29) is 11.5 Å². The molecule has 0 aliphatic carbocycles. The van der Waals surface area contributed by atoms with Gasteiger partial charge in [-0.25, -0.2) is 0 Å². The normalized spacial score (nSPS) is 10.0. The zero-order valence-electron chi connectivity index (χ0n) is 11.7. The first-order valence-electron chi connectivity index (χ1n) is 6.22. The first-order chi connectivity index (χ1) is 10.1. The third kappa shape index (κ3) is 3.62. The van der Waals surface area contributed by atoms with Crippen LogP contribution in [0.1, 0.15) is 16.1 Å². The molecule has 2 aromatic rings. The SMILES string of the molecule is COc1ccc(CNC(=O)c2cc(=O)c(OC)co2)cc1. The van der Waals surface area contributed by atoms with E-state index in [0.717, 1.165) is 23.6 Å². The molecule has 1 heterocycles. The number of nitrogens with one attached hydrogen (secondary N) is 1. The molecule has 0 fully saturated rings. The lowest BCUT2D eigenvalue weighted by atomic mass is 10.2. The molecule has 1 amide bonds. The standard InChI is InChI=1S/C15H15NO5/c1-19-11-5-3-10(4-6-11)8-16-15(18)13-7-12(17)14(20-2)9-21-13/h3-7,9H,8H2,1-2H3,(H,16,18). The van der Waals surface area contributed by atoms with Crippen molar-refractivity contribution in [1.29, 1.82) is 0 Å². The van der Waals surface area contributed by atoms with E-state index in [1.54, 1.807) is 19.2 Å². The summed E-state index contributed by atoms with van der Waals surface area (Å²) in [7, 11) is 2.94. The van der Waals surface area contributed by atoms with E-state index in [0.29, 0.717) is 6.54 Å². The Kier molecular flexibility index (Phi) is 4.61. The van der Waals surface area contributed by atoms with E-state index in [1.807, 2.05) is 12.1 Å². The van der Waals surface area contributed by atoms with E-state index in [9.17, 15) is 9.59 Å². The highest BCUT2D eigenvalue weighted by molar-refractivity contribution is 5.91. The van der Waals surface area contributed by atoms with Crippen molar-refractivity contribution in [2.75, 3.05) is 14.2 Å². The summed E-state index contributed by atoms with van der Waals surface area (Å²) >= 11 is 0. The predicted molar refractivity (Wildman–Crippen MR) is 75.7 cm³/mol. The van der Waals surface area contributed by atoms with E-state index in [2.05, 4.69) is 5.32 Å². The third-order valence-corrected chi connectivity index (χ3v) is 2.85. The summed E-state index contributed by atoms with van der Waals surface area (Å²) in [6, 6.07) is 8.37. The van der Waals surface area contributed by atoms with Crippen molar-refractivity contribution < 1.29 is 18.7 Å². The molecule has 0 radical (unpaired) electrons. The van der Waals surface area contributed by atoms with Crippen molar-refractivity contribution in [1.82, 2.24) is 5.32 Å². The Hall–Kier alpha value is -2.76. The second-order valence-electron chi connectivity index (χ2n) is 4.21. The molecule has 0 saturated carbocycles. The highest BCUT2D eigenvalue weighted by Crippen LogP contribution is 2.11. The third-order valence-electron chi connectivity index (χ3n) is 2.85. The molecule has 0 bridgehead atoms. The van der Waals surface area contributed by atoms with Crippen LogP contribution in [0, 0.1) is 0 Å². The summed E-state index contributed by atoms with van der Waals surface area (Å²) in [5.41, 5.74) is 0.498. The average Bonchev–Trinajstić information content (AvgIpc) is 2.53. The molecule has 2 rings (SSSR count). The Bertz CT molecular complexity index is 675. The number of methoxy groups -OCH3 is 2. The molecule has 6 heteroatoms. The van der Waals surface area contributed by atoms with Crippen molar-refractivity contribution >= 4 is 5.91 Å². The molecule has 6 nitrogen and oxygen atoms in total. The van der Waals surface area contributed by atoms with E-state index < -0.39 is 11.3 Å². The molecule has 0 saturated heterocycles. The lowest BCUT2D eigenvalue weighted by Crippen LogP contribution is -2.24. The minimum Gasteiger partial charge on any atom is -0.497 e. The molecular weight excluding hydrogens is 274 g/mol. The van der Waals surface area contributed by atoms with Crippen LogP contribution >= 0.6 is 0 Å². The fourth-order valence-corrected chi connectivity index (χ4v) is 1.68. The molecule has 1 aromatic heterocycles. The Morgan fingerprint density at radius 3 is 2.48 bits per heavy atom. The largest absolute Gasteiger partial charge is 0.497 e. The van der Waals surface area contributed by atoms with Gasteiger partial charge in [-0.05, 0) is 17.7 Å². The Balaban J connectivity index is 2.00. The van der Waals surface area contributed by atoms with Gasteiger partial charge in [-0.1, -0.05) is 12.1 Å². The van der Waals surface area contributed by atoms with Gasteiger partial charge in [0.15, 0.2) is 5.76 Å². The summed E-state index contributed by atoms with van der Waals surface area (Å²) in [4.78, 5) is 23.4. The van der Waals surface area contributed by atoms with Gasteiger partial charge in [-0.15, -0.1) is 0 Å². The van der Waals surface area contributed by atoms with Crippen LogP contribution in [0.5, 0.6) is 11.5 Å². The highest BCUT2D eigenvalue weighted by Gasteiger charge is 2.11. The van der Waals surface area contributed by atoms with Gasteiger partial charge in [-0.2, -0.15) is 0 Å². The Morgan fingerprint density at radius 1 is 1.19 bits per heavy atom.